The Kier molecular flexibility index (Phi) is 3.65. The molecule has 1 saturated carbocycles. The molecule has 0 unspecified atom stereocenters. The molecule has 0 N–H and O–H groups in total. The van der Waals surface area contributed by atoms with Gasteiger partial charge in [0.2, 0.25) is 0 Å². The van der Waals surface area contributed by atoms with Crippen LogP contribution >= 0.6 is 0 Å². The summed E-state index contributed by atoms with van der Waals surface area (Å²) in [5.74, 6) is 0. The number of benzene rings is 1. The summed E-state index contributed by atoms with van der Waals surface area (Å²) in [7, 11) is -1.22. The first-order chi connectivity index (χ1) is 7.68. The molecule has 0 spiro atoms. The summed E-state index contributed by atoms with van der Waals surface area (Å²) in [6.45, 7) is 4.96. The van der Waals surface area contributed by atoms with Gasteiger partial charge in [-0.3, -0.25) is 0 Å². The van der Waals surface area contributed by atoms with Crippen LogP contribution in [0.4, 0.5) is 0 Å². The van der Waals surface area contributed by atoms with Crippen LogP contribution in [-0.4, -0.2) is 8.07 Å². The predicted octanol–water partition coefficient (Wildman–Crippen LogP) is 4.10. The Hall–Kier alpha value is -0.823. The summed E-state index contributed by atoms with van der Waals surface area (Å²) < 4.78 is 0. The van der Waals surface area contributed by atoms with Crippen molar-refractivity contribution in [3.63, 3.8) is 0 Å². The molecule has 1 aromatic carbocycles. The maximum absolute atomic E-state index is 2.55. The molecule has 0 aromatic heterocycles. The van der Waals surface area contributed by atoms with Gasteiger partial charge in [0.25, 0.3) is 0 Å². The topological polar surface area (TPSA) is 0 Å². The van der Waals surface area contributed by atoms with Gasteiger partial charge in [-0.1, -0.05) is 60.3 Å². The van der Waals surface area contributed by atoms with E-state index in [9.17, 15) is 0 Å². The second kappa shape index (κ2) is 5.01. The van der Waals surface area contributed by atoms with Gasteiger partial charge in [-0.2, -0.15) is 0 Å². The van der Waals surface area contributed by atoms with Crippen LogP contribution in [0.3, 0.4) is 0 Å². The highest BCUT2D eigenvalue weighted by Crippen LogP contribution is 2.25. The maximum Gasteiger partial charge on any atom is 0.0843 e. The normalized spacial score (nSPS) is 16.5. The zero-order valence-electron chi connectivity index (χ0n) is 10.5. The first kappa shape index (κ1) is 11.7. The molecule has 2 rings (SSSR count). The van der Waals surface area contributed by atoms with Crippen molar-refractivity contribution in [2.45, 2.75) is 44.8 Å². The van der Waals surface area contributed by atoms with Crippen LogP contribution in [0.15, 0.2) is 42.0 Å². The van der Waals surface area contributed by atoms with E-state index in [-0.39, 0.29) is 0 Å². The zero-order valence-corrected chi connectivity index (χ0v) is 11.5. The number of hydrogen-bond acceptors (Lipinski definition) is 0. The molecule has 86 valence electrons. The van der Waals surface area contributed by atoms with Crippen LogP contribution < -0.4 is 5.19 Å². The van der Waals surface area contributed by atoms with Gasteiger partial charge in [-0.05, 0) is 31.7 Å². The Morgan fingerprint density at radius 1 is 1.06 bits per heavy atom. The predicted molar refractivity (Wildman–Crippen MR) is 74.9 cm³/mol. The fourth-order valence-electron chi connectivity index (χ4n) is 2.44. The van der Waals surface area contributed by atoms with Gasteiger partial charge in [-0.25, -0.2) is 0 Å². The molecular weight excluding hydrogens is 208 g/mol. The molecule has 0 bridgehead atoms. The molecule has 0 atom stereocenters. The maximum atomic E-state index is 2.55. The summed E-state index contributed by atoms with van der Waals surface area (Å²) in [6.07, 6.45) is 8.10. The minimum atomic E-state index is -1.22. The lowest BCUT2D eigenvalue weighted by Gasteiger charge is -2.21. The molecule has 1 aromatic rings. The molecule has 0 nitrogen and oxygen atoms in total. The lowest BCUT2D eigenvalue weighted by molar-refractivity contribution is 0.886. The van der Waals surface area contributed by atoms with E-state index < -0.39 is 8.07 Å². The molecule has 1 fully saturated rings. The first-order valence-electron chi connectivity index (χ1n) is 6.42. The zero-order chi connectivity index (χ0) is 11.4. The monoisotopic (exact) mass is 230 g/mol. The van der Waals surface area contributed by atoms with Crippen molar-refractivity contribution in [2.24, 2.45) is 0 Å². The Labute approximate surface area is 100 Å². The van der Waals surface area contributed by atoms with Crippen molar-refractivity contribution in [2.75, 3.05) is 0 Å². The average Bonchev–Trinajstić information content (AvgIpc) is 2.81. The third-order valence-electron chi connectivity index (χ3n) is 3.70. The largest absolute Gasteiger partial charge is 0.0877 e. The number of allylic oxidation sites excluding steroid dienone is 2. The van der Waals surface area contributed by atoms with Crippen molar-refractivity contribution >= 4 is 13.3 Å². The molecule has 0 saturated heterocycles. The van der Waals surface area contributed by atoms with Gasteiger partial charge in [0.1, 0.15) is 0 Å². The van der Waals surface area contributed by atoms with Crippen LogP contribution in [0.2, 0.25) is 19.1 Å². The van der Waals surface area contributed by atoms with E-state index in [0.29, 0.717) is 0 Å². The fourth-order valence-corrected chi connectivity index (χ4v) is 4.57. The van der Waals surface area contributed by atoms with Gasteiger partial charge < -0.3 is 0 Å². The van der Waals surface area contributed by atoms with Gasteiger partial charge >= 0.3 is 0 Å². The molecule has 1 aliphatic rings. The highest BCUT2D eigenvalue weighted by Gasteiger charge is 2.21. The fraction of sp³-hybridized carbons (Fsp3) is 0.467. The van der Waals surface area contributed by atoms with Crippen molar-refractivity contribution in [3.05, 3.63) is 42.0 Å². The van der Waals surface area contributed by atoms with Crippen molar-refractivity contribution in [3.8, 4) is 0 Å². The Balaban J connectivity index is 2.05. The van der Waals surface area contributed by atoms with Crippen LogP contribution in [0, 0.1) is 0 Å². The van der Waals surface area contributed by atoms with E-state index in [1.54, 1.807) is 10.8 Å². The summed E-state index contributed by atoms with van der Waals surface area (Å²) in [5.41, 5.74) is 1.72. The molecule has 16 heavy (non-hydrogen) atoms. The summed E-state index contributed by atoms with van der Waals surface area (Å²) in [4.78, 5) is 0. The van der Waals surface area contributed by atoms with Crippen molar-refractivity contribution in [1.82, 2.24) is 0 Å². The molecule has 1 aliphatic carbocycles. The van der Waals surface area contributed by atoms with E-state index in [1.165, 1.54) is 31.7 Å². The third-order valence-corrected chi connectivity index (χ3v) is 6.82. The van der Waals surface area contributed by atoms with Crippen LogP contribution in [0.5, 0.6) is 0 Å². The minimum absolute atomic E-state index is 1.22. The molecule has 0 heterocycles. The third kappa shape index (κ3) is 2.85. The molecular formula is C15H22Si. The lowest BCUT2D eigenvalue weighted by Crippen LogP contribution is -2.40. The van der Waals surface area contributed by atoms with Gasteiger partial charge in [-0.15, -0.1) is 0 Å². The Morgan fingerprint density at radius 3 is 2.31 bits per heavy atom. The standard InChI is InChI=1S/C15H22Si/c1-16(2,15-10-4-3-5-11-15)13-12-14-8-6-7-9-14/h3-5,10-12H,6-9,13H2,1-2H3. The minimum Gasteiger partial charge on any atom is -0.0877 e. The molecule has 0 aliphatic heterocycles. The van der Waals surface area contributed by atoms with E-state index >= 15 is 0 Å². The Morgan fingerprint density at radius 2 is 1.69 bits per heavy atom. The average molecular weight is 230 g/mol. The SMILES string of the molecule is C[Si](C)(CC=C1CCCC1)c1ccccc1. The molecule has 0 radical (unpaired) electrons. The van der Waals surface area contributed by atoms with E-state index in [2.05, 4.69) is 49.5 Å². The lowest BCUT2D eigenvalue weighted by atomic mass is 10.2. The second-order valence-electron chi connectivity index (χ2n) is 5.52. The highest BCUT2D eigenvalue weighted by molar-refractivity contribution is 6.90. The van der Waals surface area contributed by atoms with E-state index in [4.69, 9.17) is 0 Å². The van der Waals surface area contributed by atoms with Crippen molar-refractivity contribution in [1.29, 1.82) is 0 Å². The quantitative estimate of drug-likeness (QED) is 0.542. The van der Waals surface area contributed by atoms with E-state index in [0.717, 1.165) is 0 Å². The van der Waals surface area contributed by atoms with Gasteiger partial charge in [0.05, 0.1) is 8.07 Å². The van der Waals surface area contributed by atoms with Gasteiger partial charge in [0, 0.05) is 0 Å². The summed E-state index contributed by atoms with van der Waals surface area (Å²) >= 11 is 0. The van der Waals surface area contributed by atoms with Crippen LogP contribution in [-0.2, 0) is 0 Å². The number of rotatable bonds is 3. The van der Waals surface area contributed by atoms with Gasteiger partial charge in [0.15, 0.2) is 0 Å². The second-order valence-corrected chi connectivity index (χ2v) is 10.3. The Bertz CT molecular complexity index is 354. The summed E-state index contributed by atoms with van der Waals surface area (Å²) in [6, 6.07) is 12.4. The molecule has 0 amide bonds. The highest BCUT2D eigenvalue weighted by atomic mass is 28.3. The first-order valence-corrected chi connectivity index (χ1v) is 9.63. The van der Waals surface area contributed by atoms with Crippen LogP contribution in [0.1, 0.15) is 25.7 Å². The van der Waals surface area contributed by atoms with Crippen molar-refractivity contribution < 1.29 is 0 Å². The van der Waals surface area contributed by atoms with E-state index in [1.807, 2.05) is 0 Å². The summed E-state index contributed by atoms with van der Waals surface area (Å²) in [5, 5.41) is 1.59. The molecule has 1 heteroatoms. The number of hydrogen-bond donors (Lipinski definition) is 0. The smallest absolute Gasteiger partial charge is 0.0843 e. The van der Waals surface area contributed by atoms with Crippen LogP contribution in [0.25, 0.3) is 0 Å².